The van der Waals surface area contributed by atoms with Gasteiger partial charge in [-0.25, -0.2) is 15.1 Å². The summed E-state index contributed by atoms with van der Waals surface area (Å²) in [4.78, 5) is 4.36. The van der Waals surface area contributed by atoms with Crippen LogP contribution in [0, 0.1) is 0 Å². The quantitative estimate of drug-likeness (QED) is 0.550. The van der Waals surface area contributed by atoms with Crippen molar-refractivity contribution in [2.45, 2.75) is 6.04 Å². The van der Waals surface area contributed by atoms with Crippen LogP contribution in [0.25, 0.3) is 5.69 Å². The lowest BCUT2D eigenvalue weighted by Crippen LogP contribution is -2.32. The summed E-state index contributed by atoms with van der Waals surface area (Å²) >= 11 is 0. The second-order valence-corrected chi connectivity index (χ2v) is 4.50. The third-order valence-electron chi connectivity index (χ3n) is 3.25. The molecule has 0 amide bonds. The first kappa shape index (κ1) is 12.6. The van der Waals surface area contributed by atoms with Crippen molar-refractivity contribution in [1.29, 1.82) is 0 Å². The fourth-order valence-corrected chi connectivity index (χ4v) is 2.26. The topological polar surface area (TPSA) is 73.7 Å². The number of aromatic nitrogens is 4. The average Bonchev–Trinajstić information content (AvgIpc) is 3.11. The minimum atomic E-state index is -0.224. The normalized spacial score (nSPS) is 12.5. The summed E-state index contributed by atoms with van der Waals surface area (Å²) in [5.41, 5.74) is 4.74. The molecule has 0 spiro atoms. The number of hydrazine groups is 1. The Balaban J connectivity index is 2.07. The van der Waals surface area contributed by atoms with Gasteiger partial charge < -0.3 is 4.57 Å². The van der Waals surface area contributed by atoms with E-state index in [4.69, 9.17) is 5.84 Å². The maximum atomic E-state index is 5.73. The van der Waals surface area contributed by atoms with Gasteiger partial charge in [0.25, 0.3) is 0 Å². The van der Waals surface area contributed by atoms with Crippen LogP contribution in [0.3, 0.4) is 0 Å². The fraction of sp³-hybridized carbons (Fsp3) is 0.143. The molecule has 0 aliphatic carbocycles. The zero-order valence-corrected chi connectivity index (χ0v) is 11.1. The molecule has 3 N–H and O–H groups in total. The van der Waals surface area contributed by atoms with Crippen LogP contribution in [-0.2, 0) is 7.05 Å². The number of imidazole rings is 1. The zero-order valence-electron chi connectivity index (χ0n) is 11.1. The highest BCUT2D eigenvalue weighted by Crippen LogP contribution is 2.21. The molecule has 0 radical (unpaired) electrons. The molecule has 102 valence electrons. The lowest BCUT2D eigenvalue weighted by molar-refractivity contribution is 0.551. The SMILES string of the molecule is Cn1ccnc1C(NN)c1ccnn1-c1ccccc1. The zero-order chi connectivity index (χ0) is 13.9. The highest BCUT2D eigenvalue weighted by Gasteiger charge is 2.21. The Labute approximate surface area is 116 Å². The van der Waals surface area contributed by atoms with Crippen LogP contribution < -0.4 is 11.3 Å². The van der Waals surface area contributed by atoms with Crippen molar-refractivity contribution >= 4 is 0 Å². The number of nitrogens with zero attached hydrogens (tertiary/aromatic N) is 4. The first-order valence-corrected chi connectivity index (χ1v) is 6.34. The highest BCUT2D eigenvalue weighted by molar-refractivity contribution is 5.34. The number of hydrogen-bond donors (Lipinski definition) is 2. The minimum absolute atomic E-state index is 0.224. The Bertz CT molecular complexity index is 685. The molecule has 0 aliphatic rings. The predicted molar refractivity (Wildman–Crippen MR) is 75.9 cm³/mol. The highest BCUT2D eigenvalue weighted by atomic mass is 15.3. The molecule has 0 fully saturated rings. The Morgan fingerprint density at radius 2 is 1.95 bits per heavy atom. The number of benzene rings is 1. The monoisotopic (exact) mass is 268 g/mol. The summed E-state index contributed by atoms with van der Waals surface area (Å²) in [6.45, 7) is 0. The molecule has 3 rings (SSSR count). The third kappa shape index (κ3) is 2.11. The molecular formula is C14H16N6. The van der Waals surface area contributed by atoms with Crippen molar-refractivity contribution < 1.29 is 0 Å². The van der Waals surface area contributed by atoms with Crippen LogP contribution >= 0.6 is 0 Å². The van der Waals surface area contributed by atoms with E-state index in [2.05, 4.69) is 15.5 Å². The Morgan fingerprint density at radius 3 is 2.60 bits per heavy atom. The molecule has 1 atom stereocenters. The van der Waals surface area contributed by atoms with E-state index in [1.165, 1.54) is 0 Å². The van der Waals surface area contributed by atoms with Gasteiger partial charge in [-0.3, -0.25) is 5.84 Å². The van der Waals surface area contributed by atoms with Crippen LogP contribution in [0.4, 0.5) is 0 Å². The van der Waals surface area contributed by atoms with E-state index in [0.717, 1.165) is 17.2 Å². The molecule has 0 aliphatic heterocycles. The molecule has 3 aromatic rings. The van der Waals surface area contributed by atoms with Gasteiger partial charge in [0.1, 0.15) is 11.9 Å². The molecule has 2 heterocycles. The van der Waals surface area contributed by atoms with Crippen LogP contribution in [0.1, 0.15) is 17.6 Å². The van der Waals surface area contributed by atoms with E-state index in [0.29, 0.717) is 0 Å². The first-order chi connectivity index (χ1) is 9.81. The van der Waals surface area contributed by atoms with Crippen molar-refractivity contribution in [1.82, 2.24) is 24.8 Å². The van der Waals surface area contributed by atoms with Crippen molar-refractivity contribution in [3.63, 3.8) is 0 Å². The minimum Gasteiger partial charge on any atom is -0.336 e. The van der Waals surface area contributed by atoms with E-state index in [1.54, 1.807) is 12.4 Å². The summed E-state index contributed by atoms with van der Waals surface area (Å²) in [7, 11) is 1.94. The maximum Gasteiger partial charge on any atom is 0.133 e. The van der Waals surface area contributed by atoms with Gasteiger partial charge in [-0.1, -0.05) is 18.2 Å². The van der Waals surface area contributed by atoms with Crippen LogP contribution in [0.15, 0.2) is 55.0 Å². The van der Waals surface area contributed by atoms with Gasteiger partial charge in [-0.15, -0.1) is 0 Å². The Kier molecular flexibility index (Phi) is 3.32. The van der Waals surface area contributed by atoms with E-state index in [9.17, 15) is 0 Å². The van der Waals surface area contributed by atoms with Gasteiger partial charge >= 0.3 is 0 Å². The number of rotatable bonds is 4. The predicted octanol–water partition coefficient (Wildman–Crippen LogP) is 1.16. The average molecular weight is 268 g/mol. The largest absolute Gasteiger partial charge is 0.336 e. The van der Waals surface area contributed by atoms with Crippen LogP contribution in [0.2, 0.25) is 0 Å². The summed E-state index contributed by atoms with van der Waals surface area (Å²) in [6, 6.07) is 11.7. The standard InChI is InChI=1S/C14H16N6/c1-19-10-9-16-14(19)13(18-15)12-7-8-17-20(12)11-5-3-2-4-6-11/h2-10,13,18H,15H2,1H3. The molecule has 1 unspecified atom stereocenters. The first-order valence-electron chi connectivity index (χ1n) is 6.34. The van der Waals surface area contributed by atoms with Crippen LogP contribution in [0.5, 0.6) is 0 Å². The summed E-state index contributed by atoms with van der Waals surface area (Å²) in [5.74, 6) is 6.56. The smallest absolute Gasteiger partial charge is 0.133 e. The second-order valence-electron chi connectivity index (χ2n) is 4.50. The van der Waals surface area contributed by atoms with E-state index in [1.807, 2.05) is 58.9 Å². The molecule has 0 saturated heterocycles. The van der Waals surface area contributed by atoms with Gasteiger partial charge in [0, 0.05) is 25.6 Å². The van der Waals surface area contributed by atoms with Crippen molar-refractivity contribution in [3.8, 4) is 5.69 Å². The van der Waals surface area contributed by atoms with Crippen molar-refractivity contribution in [2.24, 2.45) is 12.9 Å². The second kappa shape index (κ2) is 5.28. The fourth-order valence-electron chi connectivity index (χ4n) is 2.26. The molecule has 0 bridgehead atoms. The Hall–Kier alpha value is -2.44. The number of hydrogen-bond acceptors (Lipinski definition) is 4. The van der Waals surface area contributed by atoms with Gasteiger partial charge in [0.15, 0.2) is 0 Å². The summed E-state index contributed by atoms with van der Waals surface area (Å²) in [5, 5.41) is 4.38. The van der Waals surface area contributed by atoms with Crippen molar-refractivity contribution in [2.75, 3.05) is 0 Å². The molecule has 1 aromatic carbocycles. The number of para-hydroxylation sites is 1. The number of nitrogens with one attached hydrogen (secondary N) is 1. The van der Waals surface area contributed by atoms with E-state index in [-0.39, 0.29) is 6.04 Å². The van der Waals surface area contributed by atoms with Crippen LogP contribution in [-0.4, -0.2) is 19.3 Å². The summed E-state index contributed by atoms with van der Waals surface area (Å²) in [6.07, 6.45) is 5.40. The summed E-state index contributed by atoms with van der Waals surface area (Å²) < 4.78 is 3.80. The van der Waals surface area contributed by atoms with Gasteiger partial charge in [-0.05, 0) is 18.2 Å². The third-order valence-corrected chi connectivity index (χ3v) is 3.25. The molecular weight excluding hydrogens is 252 g/mol. The molecule has 0 saturated carbocycles. The van der Waals surface area contributed by atoms with Gasteiger partial charge in [0.05, 0.1) is 11.4 Å². The molecule has 2 aromatic heterocycles. The van der Waals surface area contributed by atoms with E-state index >= 15 is 0 Å². The molecule has 6 nitrogen and oxygen atoms in total. The lowest BCUT2D eigenvalue weighted by Gasteiger charge is -2.17. The van der Waals surface area contributed by atoms with Gasteiger partial charge in [-0.2, -0.15) is 5.10 Å². The maximum absolute atomic E-state index is 5.73. The molecule has 20 heavy (non-hydrogen) atoms. The van der Waals surface area contributed by atoms with Gasteiger partial charge in [0.2, 0.25) is 0 Å². The van der Waals surface area contributed by atoms with E-state index < -0.39 is 0 Å². The Morgan fingerprint density at radius 1 is 1.15 bits per heavy atom. The van der Waals surface area contributed by atoms with Crippen molar-refractivity contribution in [3.05, 3.63) is 66.5 Å². The lowest BCUT2D eigenvalue weighted by atomic mass is 10.2. The number of aryl methyl sites for hydroxylation is 1. The number of nitrogens with two attached hydrogens (primary N) is 1. The molecule has 6 heteroatoms.